The van der Waals surface area contributed by atoms with Crippen LogP contribution in [0.5, 0.6) is 0 Å². The molecule has 2 N–H and O–H groups in total. The summed E-state index contributed by atoms with van der Waals surface area (Å²) in [5, 5.41) is 0.778. The van der Waals surface area contributed by atoms with E-state index in [0.29, 0.717) is 6.42 Å². The van der Waals surface area contributed by atoms with Gasteiger partial charge in [0.2, 0.25) is 10.0 Å². The Kier molecular flexibility index (Phi) is 4.19. The van der Waals surface area contributed by atoms with Crippen LogP contribution in [0.1, 0.15) is 11.1 Å². The summed E-state index contributed by atoms with van der Waals surface area (Å²) in [7, 11) is -3.53. The van der Waals surface area contributed by atoms with E-state index in [1.807, 2.05) is 13.0 Å². The van der Waals surface area contributed by atoms with Crippen LogP contribution in [0.15, 0.2) is 53.6 Å². The zero-order valence-electron chi connectivity index (χ0n) is 12.6. The standard InChI is InChI=1S/C17H17FN2O2S/c1-12-3-2-4-15(9-12)23(21,22)20-8-7-13-11-19-17-6-5-14(18)10-16(13)17/h2-6,9-11,19-20H,7-8H2,1H3. The highest BCUT2D eigenvalue weighted by Gasteiger charge is 2.14. The largest absolute Gasteiger partial charge is 0.361 e. The van der Waals surface area contributed by atoms with Crippen LogP contribution < -0.4 is 4.72 Å². The molecule has 0 spiro atoms. The van der Waals surface area contributed by atoms with Crippen LogP contribution in [0.2, 0.25) is 0 Å². The molecule has 1 heterocycles. The summed E-state index contributed by atoms with van der Waals surface area (Å²) in [6.45, 7) is 2.10. The molecule has 23 heavy (non-hydrogen) atoms. The second-order valence-corrected chi connectivity index (χ2v) is 7.24. The number of rotatable bonds is 5. The summed E-state index contributed by atoms with van der Waals surface area (Å²) in [5.41, 5.74) is 2.61. The predicted octanol–water partition coefficient (Wildman–Crippen LogP) is 3.14. The molecular formula is C17H17FN2O2S. The maximum atomic E-state index is 13.3. The van der Waals surface area contributed by atoms with Gasteiger partial charge >= 0.3 is 0 Å². The number of H-pyrrole nitrogens is 1. The normalized spacial score (nSPS) is 11.9. The van der Waals surface area contributed by atoms with Crippen LogP contribution in [-0.4, -0.2) is 19.9 Å². The number of benzene rings is 2. The van der Waals surface area contributed by atoms with Gasteiger partial charge in [-0.2, -0.15) is 0 Å². The Morgan fingerprint density at radius 1 is 1.17 bits per heavy atom. The Balaban J connectivity index is 1.72. The van der Waals surface area contributed by atoms with Gasteiger partial charge in [0.1, 0.15) is 5.82 Å². The Hall–Kier alpha value is -2.18. The van der Waals surface area contributed by atoms with E-state index in [1.165, 1.54) is 12.1 Å². The highest BCUT2D eigenvalue weighted by Crippen LogP contribution is 2.20. The minimum absolute atomic E-state index is 0.250. The average Bonchev–Trinajstić information content (AvgIpc) is 2.90. The molecule has 1 aromatic heterocycles. The number of aromatic nitrogens is 1. The van der Waals surface area contributed by atoms with Crippen molar-refractivity contribution in [1.29, 1.82) is 0 Å². The lowest BCUT2D eigenvalue weighted by Gasteiger charge is -2.07. The Labute approximate surface area is 134 Å². The molecule has 0 saturated heterocycles. The van der Waals surface area contributed by atoms with Gasteiger partial charge in [0.05, 0.1) is 4.90 Å². The topological polar surface area (TPSA) is 62.0 Å². The first-order valence-corrected chi connectivity index (χ1v) is 8.76. The van der Waals surface area contributed by atoms with Crippen molar-refractivity contribution in [3.63, 3.8) is 0 Å². The van der Waals surface area contributed by atoms with Crippen molar-refractivity contribution in [2.24, 2.45) is 0 Å². The molecule has 3 aromatic rings. The second kappa shape index (κ2) is 6.14. The van der Waals surface area contributed by atoms with E-state index in [1.54, 1.807) is 30.5 Å². The van der Waals surface area contributed by atoms with Crippen LogP contribution in [0.3, 0.4) is 0 Å². The first-order valence-electron chi connectivity index (χ1n) is 7.27. The van der Waals surface area contributed by atoms with E-state index in [9.17, 15) is 12.8 Å². The average molecular weight is 332 g/mol. The van der Waals surface area contributed by atoms with Crippen LogP contribution in [0.4, 0.5) is 4.39 Å². The lowest BCUT2D eigenvalue weighted by molar-refractivity contribution is 0.581. The van der Waals surface area contributed by atoms with Gasteiger partial charge in [-0.25, -0.2) is 17.5 Å². The van der Waals surface area contributed by atoms with E-state index in [-0.39, 0.29) is 17.3 Å². The molecule has 3 rings (SSSR count). The van der Waals surface area contributed by atoms with E-state index in [0.717, 1.165) is 22.0 Å². The monoisotopic (exact) mass is 332 g/mol. The minimum atomic E-state index is -3.53. The highest BCUT2D eigenvalue weighted by atomic mass is 32.2. The van der Waals surface area contributed by atoms with E-state index in [4.69, 9.17) is 0 Å². The van der Waals surface area contributed by atoms with Gasteiger partial charge in [0.25, 0.3) is 0 Å². The third kappa shape index (κ3) is 3.43. The van der Waals surface area contributed by atoms with Gasteiger partial charge in [-0.1, -0.05) is 12.1 Å². The zero-order valence-corrected chi connectivity index (χ0v) is 13.5. The summed E-state index contributed by atoms with van der Waals surface area (Å²) in [4.78, 5) is 3.31. The molecule has 0 bridgehead atoms. The first kappa shape index (κ1) is 15.7. The molecule has 0 fully saturated rings. The van der Waals surface area contributed by atoms with Crippen LogP contribution >= 0.6 is 0 Å². The van der Waals surface area contributed by atoms with Crippen LogP contribution in [0, 0.1) is 12.7 Å². The summed E-state index contributed by atoms with van der Waals surface area (Å²) in [6, 6.07) is 11.3. The molecule has 0 atom stereocenters. The smallest absolute Gasteiger partial charge is 0.240 e. The maximum absolute atomic E-state index is 13.3. The first-order chi connectivity index (χ1) is 11.0. The zero-order chi connectivity index (χ0) is 16.4. The van der Waals surface area contributed by atoms with Crippen molar-refractivity contribution in [3.05, 3.63) is 65.6 Å². The quantitative estimate of drug-likeness (QED) is 0.754. The van der Waals surface area contributed by atoms with Crippen molar-refractivity contribution in [2.75, 3.05) is 6.54 Å². The fraction of sp³-hybridized carbons (Fsp3) is 0.176. The SMILES string of the molecule is Cc1cccc(S(=O)(=O)NCCc2c[nH]c3ccc(F)cc23)c1. The summed E-state index contributed by atoms with van der Waals surface area (Å²) in [6.07, 6.45) is 2.26. The molecule has 0 aliphatic heterocycles. The highest BCUT2D eigenvalue weighted by molar-refractivity contribution is 7.89. The van der Waals surface area contributed by atoms with Gasteiger partial charge < -0.3 is 4.98 Å². The number of nitrogens with one attached hydrogen (secondary N) is 2. The molecule has 0 unspecified atom stereocenters. The summed E-state index contributed by atoms with van der Waals surface area (Å²) < 4.78 is 40.4. The van der Waals surface area contributed by atoms with Crippen LogP contribution in [-0.2, 0) is 16.4 Å². The maximum Gasteiger partial charge on any atom is 0.240 e. The fourth-order valence-corrected chi connectivity index (χ4v) is 3.68. The predicted molar refractivity (Wildman–Crippen MR) is 88.3 cm³/mol. The third-order valence-corrected chi connectivity index (χ3v) is 5.17. The van der Waals surface area contributed by atoms with Gasteiger partial charge in [0.15, 0.2) is 0 Å². The molecule has 0 aliphatic carbocycles. The Morgan fingerprint density at radius 2 is 2.00 bits per heavy atom. The summed E-state index contributed by atoms with van der Waals surface area (Å²) >= 11 is 0. The minimum Gasteiger partial charge on any atom is -0.361 e. The molecular weight excluding hydrogens is 315 g/mol. The number of hydrogen-bond acceptors (Lipinski definition) is 2. The Bertz CT molecular complexity index is 948. The molecule has 0 radical (unpaired) electrons. The number of aryl methyl sites for hydroxylation is 1. The van der Waals surface area contributed by atoms with E-state index >= 15 is 0 Å². The summed E-state index contributed by atoms with van der Waals surface area (Å²) in [5.74, 6) is -0.307. The Morgan fingerprint density at radius 3 is 2.78 bits per heavy atom. The van der Waals surface area contributed by atoms with E-state index in [2.05, 4.69) is 9.71 Å². The van der Waals surface area contributed by atoms with Gasteiger partial charge in [-0.05, 0) is 54.8 Å². The molecule has 0 amide bonds. The number of aromatic amines is 1. The van der Waals surface area contributed by atoms with Crippen molar-refractivity contribution in [3.8, 4) is 0 Å². The second-order valence-electron chi connectivity index (χ2n) is 5.47. The number of halogens is 1. The molecule has 6 heteroatoms. The van der Waals surface area contributed by atoms with Gasteiger partial charge in [-0.15, -0.1) is 0 Å². The lowest BCUT2D eigenvalue weighted by atomic mass is 10.1. The van der Waals surface area contributed by atoms with Crippen molar-refractivity contribution >= 4 is 20.9 Å². The molecule has 4 nitrogen and oxygen atoms in total. The van der Waals surface area contributed by atoms with Crippen molar-refractivity contribution < 1.29 is 12.8 Å². The van der Waals surface area contributed by atoms with Gasteiger partial charge in [-0.3, -0.25) is 0 Å². The number of sulfonamides is 1. The lowest BCUT2D eigenvalue weighted by Crippen LogP contribution is -2.26. The molecule has 120 valence electrons. The molecule has 2 aromatic carbocycles. The van der Waals surface area contributed by atoms with Crippen molar-refractivity contribution in [1.82, 2.24) is 9.71 Å². The van der Waals surface area contributed by atoms with Crippen LogP contribution in [0.25, 0.3) is 10.9 Å². The number of fused-ring (bicyclic) bond motifs is 1. The third-order valence-electron chi connectivity index (χ3n) is 3.72. The number of hydrogen-bond donors (Lipinski definition) is 2. The van der Waals surface area contributed by atoms with Crippen molar-refractivity contribution in [2.45, 2.75) is 18.2 Å². The molecule has 0 aliphatic rings. The van der Waals surface area contributed by atoms with E-state index < -0.39 is 10.0 Å². The fourth-order valence-electron chi connectivity index (χ4n) is 2.54. The molecule has 0 saturated carbocycles. The van der Waals surface area contributed by atoms with Gasteiger partial charge in [0, 0.05) is 23.6 Å².